The predicted molar refractivity (Wildman–Crippen MR) is 62.0 cm³/mol. The number of aliphatic hydroxyl groups excluding tert-OH is 1. The van der Waals surface area contributed by atoms with Crippen LogP contribution < -0.4 is 0 Å². The molecule has 2 aromatic rings. The van der Waals surface area contributed by atoms with Crippen molar-refractivity contribution in [3.05, 3.63) is 40.3 Å². The molecular weight excluding hydrogens is 283 g/mol. The first-order valence-electron chi connectivity index (χ1n) is 5.23. The monoisotopic (exact) mass is 291 g/mol. The number of halogens is 4. The van der Waals surface area contributed by atoms with Gasteiger partial charge in [-0.25, -0.2) is 9.67 Å². The zero-order valence-corrected chi connectivity index (χ0v) is 10.5. The van der Waals surface area contributed by atoms with Crippen LogP contribution in [0.2, 0.25) is 5.15 Å². The Hall–Kier alpha value is -1.60. The van der Waals surface area contributed by atoms with E-state index in [1.807, 2.05) is 0 Å². The molecule has 0 aliphatic heterocycles. The van der Waals surface area contributed by atoms with Gasteiger partial charge in [0.1, 0.15) is 5.15 Å². The Bertz CT molecular complexity index is 592. The lowest BCUT2D eigenvalue weighted by Crippen LogP contribution is -2.07. The molecule has 1 N–H and O–H groups in total. The maximum atomic E-state index is 12.4. The number of nitrogens with zero attached hydrogens (tertiary/aromatic N) is 3. The van der Waals surface area contributed by atoms with Gasteiger partial charge in [-0.1, -0.05) is 11.6 Å². The molecule has 0 saturated heterocycles. The summed E-state index contributed by atoms with van der Waals surface area (Å²) in [6.07, 6.45) is -3.73. The van der Waals surface area contributed by atoms with Crippen molar-refractivity contribution in [1.29, 1.82) is 0 Å². The van der Waals surface area contributed by atoms with Gasteiger partial charge in [-0.2, -0.15) is 18.3 Å². The molecule has 0 bridgehead atoms. The minimum atomic E-state index is -4.44. The van der Waals surface area contributed by atoms with Crippen LogP contribution in [0.5, 0.6) is 0 Å². The van der Waals surface area contributed by atoms with Crippen LogP contribution in [0.25, 0.3) is 5.82 Å². The van der Waals surface area contributed by atoms with Gasteiger partial charge in [-0.05, 0) is 19.1 Å². The molecule has 0 unspecified atom stereocenters. The highest BCUT2D eigenvalue weighted by molar-refractivity contribution is 6.30. The Labute approximate surface area is 111 Å². The van der Waals surface area contributed by atoms with E-state index in [4.69, 9.17) is 16.7 Å². The zero-order valence-electron chi connectivity index (χ0n) is 9.74. The van der Waals surface area contributed by atoms with E-state index in [1.165, 1.54) is 10.7 Å². The smallest absolute Gasteiger partial charge is 0.391 e. The number of rotatable bonds is 2. The third-order valence-electron chi connectivity index (χ3n) is 2.57. The Kier molecular flexibility index (Phi) is 3.51. The molecule has 0 spiro atoms. The molecular formula is C11H9ClF3N3O. The summed E-state index contributed by atoms with van der Waals surface area (Å²) in [6.45, 7) is 1.34. The summed E-state index contributed by atoms with van der Waals surface area (Å²) < 4.78 is 38.4. The standard InChI is InChI=1S/C11H9ClF3N3O/c1-6-8(5-19)10(12)18(17-6)9-3-2-7(4-16-9)11(13,14)15/h2-4,19H,5H2,1H3. The van der Waals surface area contributed by atoms with Gasteiger partial charge in [0, 0.05) is 11.8 Å². The topological polar surface area (TPSA) is 50.9 Å². The first kappa shape index (κ1) is 13.8. The van der Waals surface area contributed by atoms with Gasteiger partial charge in [0.25, 0.3) is 0 Å². The quantitative estimate of drug-likeness (QED) is 0.925. The van der Waals surface area contributed by atoms with Crippen LogP contribution in [-0.2, 0) is 12.8 Å². The molecule has 0 atom stereocenters. The van der Waals surface area contributed by atoms with Crippen LogP contribution in [-0.4, -0.2) is 19.9 Å². The van der Waals surface area contributed by atoms with Crippen molar-refractivity contribution in [3.8, 4) is 5.82 Å². The van der Waals surface area contributed by atoms with Crippen LogP contribution in [0.1, 0.15) is 16.8 Å². The lowest BCUT2D eigenvalue weighted by molar-refractivity contribution is -0.137. The molecule has 2 rings (SSSR count). The summed E-state index contributed by atoms with van der Waals surface area (Å²) in [5.74, 6) is 0.154. The molecule has 0 radical (unpaired) electrons. The molecule has 19 heavy (non-hydrogen) atoms. The first-order chi connectivity index (χ1) is 8.84. The molecule has 4 nitrogen and oxygen atoms in total. The van der Waals surface area contributed by atoms with Gasteiger partial charge in [-0.15, -0.1) is 0 Å². The van der Waals surface area contributed by atoms with Gasteiger partial charge < -0.3 is 5.11 Å². The maximum absolute atomic E-state index is 12.4. The second-order valence-electron chi connectivity index (χ2n) is 3.83. The second-order valence-corrected chi connectivity index (χ2v) is 4.19. The van der Waals surface area contributed by atoms with Crippen LogP contribution >= 0.6 is 11.6 Å². The summed E-state index contributed by atoms with van der Waals surface area (Å²) in [4.78, 5) is 3.68. The normalized spacial score (nSPS) is 11.9. The fourth-order valence-electron chi connectivity index (χ4n) is 1.54. The average molecular weight is 292 g/mol. The molecule has 2 heterocycles. The molecule has 0 aliphatic rings. The van der Waals surface area contributed by atoms with Crippen LogP contribution in [0.15, 0.2) is 18.3 Å². The number of alkyl halides is 3. The van der Waals surface area contributed by atoms with Crippen molar-refractivity contribution >= 4 is 11.6 Å². The summed E-state index contributed by atoms with van der Waals surface area (Å²) >= 11 is 5.97. The number of hydrogen-bond donors (Lipinski definition) is 1. The van der Waals surface area contributed by atoms with E-state index in [0.29, 0.717) is 17.5 Å². The highest BCUT2D eigenvalue weighted by Gasteiger charge is 2.30. The largest absolute Gasteiger partial charge is 0.417 e. The predicted octanol–water partition coefficient (Wildman–Crippen LogP) is 2.74. The average Bonchev–Trinajstić information content (AvgIpc) is 2.63. The van der Waals surface area contributed by atoms with Crippen molar-refractivity contribution in [1.82, 2.24) is 14.8 Å². The highest BCUT2D eigenvalue weighted by Crippen LogP contribution is 2.29. The Morgan fingerprint density at radius 1 is 1.37 bits per heavy atom. The first-order valence-corrected chi connectivity index (χ1v) is 5.61. The summed E-state index contributed by atoms with van der Waals surface area (Å²) in [7, 11) is 0. The molecule has 0 aliphatic carbocycles. The van der Waals surface area contributed by atoms with E-state index in [1.54, 1.807) is 6.92 Å². The van der Waals surface area contributed by atoms with E-state index in [-0.39, 0.29) is 17.6 Å². The molecule has 102 valence electrons. The lowest BCUT2D eigenvalue weighted by atomic mass is 10.3. The van der Waals surface area contributed by atoms with Crippen molar-refractivity contribution in [2.45, 2.75) is 19.7 Å². The maximum Gasteiger partial charge on any atom is 0.417 e. The van der Waals surface area contributed by atoms with Gasteiger partial charge in [0.05, 0.1) is 17.9 Å². The van der Waals surface area contributed by atoms with Gasteiger partial charge >= 0.3 is 6.18 Å². The van der Waals surface area contributed by atoms with E-state index in [9.17, 15) is 13.2 Å². The minimum Gasteiger partial charge on any atom is -0.391 e. The lowest BCUT2D eigenvalue weighted by Gasteiger charge is -2.07. The molecule has 2 aromatic heterocycles. The van der Waals surface area contributed by atoms with Gasteiger partial charge in [0.2, 0.25) is 0 Å². The van der Waals surface area contributed by atoms with Crippen molar-refractivity contribution in [3.63, 3.8) is 0 Å². The molecule has 0 aromatic carbocycles. The molecule has 8 heteroatoms. The summed E-state index contributed by atoms with van der Waals surface area (Å²) in [5.41, 5.74) is 0.0659. The molecule has 0 saturated carbocycles. The fraction of sp³-hybridized carbons (Fsp3) is 0.273. The SMILES string of the molecule is Cc1nn(-c2ccc(C(F)(F)F)cn2)c(Cl)c1CO. The third-order valence-corrected chi connectivity index (χ3v) is 2.96. The summed E-state index contributed by atoms with van der Waals surface area (Å²) in [5, 5.41) is 13.3. The number of aryl methyl sites for hydroxylation is 1. The van der Waals surface area contributed by atoms with E-state index >= 15 is 0 Å². The highest BCUT2D eigenvalue weighted by atomic mass is 35.5. The third kappa shape index (κ3) is 2.57. The number of hydrogen-bond acceptors (Lipinski definition) is 3. The van der Waals surface area contributed by atoms with Crippen LogP contribution in [0.3, 0.4) is 0 Å². The summed E-state index contributed by atoms with van der Waals surface area (Å²) in [6, 6.07) is 2.07. The zero-order chi connectivity index (χ0) is 14.2. The second kappa shape index (κ2) is 4.82. The van der Waals surface area contributed by atoms with E-state index < -0.39 is 11.7 Å². The van der Waals surface area contributed by atoms with Crippen molar-refractivity contribution < 1.29 is 18.3 Å². The van der Waals surface area contributed by atoms with Gasteiger partial charge in [-0.3, -0.25) is 0 Å². The minimum absolute atomic E-state index is 0.132. The number of aliphatic hydroxyl groups is 1. The Morgan fingerprint density at radius 2 is 2.05 bits per heavy atom. The van der Waals surface area contributed by atoms with Crippen LogP contribution in [0, 0.1) is 6.92 Å². The fourth-order valence-corrected chi connectivity index (χ4v) is 1.86. The number of aromatic nitrogens is 3. The van der Waals surface area contributed by atoms with Gasteiger partial charge in [0.15, 0.2) is 5.82 Å². The van der Waals surface area contributed by atoms with Crippen molar-refractivity contribution in [2.24, 2.45) is 0 Å². The Balaban J connectivity index is 2.43. The van der Waals surface area contributed by atoms with E-state index in [0.717, 1.165) is 6.07 Å². The Morgan fingerprint density at radius 3 is 2.47 bits per heavy atom. The number of pyridine rings is 1. The van der Waals surface area contributed by atoms with Crippen molar-refractivity contribution in [2.75, 3.05) is 0 Å². The van der Waals surface area contributed by atoms with E-state index in [2.05, 4.69) is 10.1 Å². The molecule has 0 amide bonds. The van der Waals surface area contributed by atoms with Crippen LogP contribution in [0.4, 0.5) is 13.2 Å². The molecule has 0 fully saturated rings.